The molecule has 2 heterocycles. The molecule has 1 aromatic heterocycles. The first kappa shape index (κ1) is 15.7. The summed E-state index contributed by atoms with van der Waals surface area (Å²) in [6, 6.07) is -1.17. The number of aliphatic carboxylic acids is 1. The molecule has 1 aliphatic rings. The second kappa shape index (κ2) is 6.84. The zero-order valence-corrected chi connectivity index (χ0v) is 13.0. The van der Waals surface area contributed by atoms with Crippen LogP contribution >= 0.6 is 11.3 Å². The van der Waals surface area contributed by atoms with Crippen LogP contribution in [0, 0.1) is 5.92 Å². The van der Waals surface area contributed by atoms with Crippen LogP contribution in [-0.4, -0.2) is 44.8 Å². The highest BCUT2D eigenvalue weighted by molar-refractivity contribution is 7.15. The quantitative estimate of drug-likeness (QED) is 0.888. The SMILES string of the molecule is CCc1nnc(NC(=O)N2CCC(CC)CC2C(=O)O)s1. The van der Waals surface area contributed by atoms with E-state index in [-0.39, 0.29) is 0 Å². The lowest BCUT2D eigenvalue weighted by molar-refractivity contribution is -0.143. The summed E-state index contributed by atoms with van der Waals surface area (Å²) in [6.07, 6.45) is 3.04. The van der Waals surface area contributed by atoms with E-state index < -0.39 is 18.0 Å². The smallest absolute Gasteiger partial charge is 0.326 e. The third-order valence-electron chi connectivity index (χ3n) is 3.82. The van der Waals surface area contributed by atoms with Gasteiger partial charge >= 0.3 is 12.0 Å². The number of piperidine rings is 1. The van der Waals surface area contributed by atoms with Gasteiger partial charge in [-0.05, 0) is 25.2 Å². The van der Waals surface area contributed by atoms with Gasteiger partial charge in [0.2, 0.25) is 5.13 Å². The predicted molar refractivity (Wildman–Crippen MR) is 79.5 cm³/mol. The number of carbonyl (C=O) groups excluding carboxylic acids is 1. The number of hydrogen-bond donors (Lipinski definition) is 2. The monoisotopic (exact) mass is 312 g/mol. The van der Waals surface area contributed by atoms with Crippen molar-refractivity contribution in [3.8, 4) is 0 Å². The molecule has 0 aliphatic carbocycles. The van der Waals surface area contributed by atoms with Gasteiger partial charge in [0.15, 0.2) is 0 Å². The van der Waals surface area contributed by atoms with Crippen molar-refractivity contribution in [2.45, 2.75) is 45.6 Å². The van der Waals surface area contributed by atoms with Gasteiger partial charge < -0.3 is 10.0 Å². The molecule has 2 atom stereocenters. The van der Waals surface area contributed by atoms with Crippen LogP contribution in [0.3, 0.4) is 0 Å². The molecule has 0 aromatic carbocycles. The van der Waals surface area contributed by atoms with E-state index in [1.54, 1.807) is 0 Å². The Labute approximate surface area is 127 Å². The van der Waals surface area contributed by atoms with Crippen molar-refractivity contribution in [3.63, 3.8) is 0 Å². The lowest BCUT2D eigenvalue weighted by Crippen LogP contribution is -2.51. The standard InChI is InChI=1S/C13H20N4O3S/c1-3-8-5-6-17(9(7-8)11(18)19)13(20)14-12-16-15-10(4-2)21-12/h8-9H,3-7H2,1-2H3,(H,18,19)(H,14,16,20). The summed E-state index contributed by atoms with van der Waals surface area (Å²) in [6.45, 7) is 4.47. The van der Waals surface area contributed by atoms with Gasteiger partial charge in [0.25, 0.3) is 0 Å². The number of likely N-dealkylation sites (tertiary alicyclic amines) is 1. The molecule has 1 aliphatic heterocycles. The number of carboxylic acid groups (broad SMARTS) is 1. The fourth-order valence-electron chi connectivity index (χ4n) is 2.50. The summed E-state index contributed by atoms with van der Waals surface area (Å²) in [7, 11) is 0. The van der Waals surface area contributed by atoms with Crippen molar-refractivity contribution in [1.29, 1.82) is 0 Å². The van der Waals surface area contributed by atoms with Crippen LogP contribution in [0.15, 0.2) is 0 Å². The molecule has 2 rings (SSSR count). The number of urea groups is 1. The Morgan fingerprint density at radius 2 is 2.19 bits per heavy atom. The van der Waals surface area contributed by atoms with Gasteiger partial charge in [0.05, 0.1) is 0 Å². The van der Waals surface area contributed by atoms with E-state index in [1.165, 1.54) is 16.2 Å². The number of aromatic nitrogens is 2. The van der Waals surface area contributed by atoms with Gasteiger partial charge in [-0.2, -0.15) is 0 Å². The van der Waals surface area contributed by atoms with Crippen LogP contribution in [-0.2, 0) is 11.2 Å². The number of nitrogens with one attached hydrogen (secondary N) is 1. The third-order valence-corrected chi connectivity index (χ3v) is 4.80. The minimum atomic E-state index is -0.949. The maximum absolute atomic E-state index is 12.3. The predicted octanol–water partition coefficient (Wildman–Crippen LogP) is 2.21. The lowest BCUT2D eigenvalue weighted by atomic mass is 9.89. The molecule has 0 spiro atoms. The zero-order chi connectivity index (χ0) is 15.4. The lowest BCUT2D eigenvalue weighted by Gasteiger charge is -2.36. The maximum atomic E-state index is 12.3. The van der Waals surface area contributed by atoms with Crippen LogP contribution in [0.2, 0.25) is 0 Å². The van der Waals surface area contributed by atoms with Crippen LogP contribution in [0.25, 0.3) is 0 Å². The highest BCUT2D eigenvalue weighted by atomic mass is 32.1. The maximum Gasteiger partial charge on any atom is 0.326 e. The van der Waals surface area contributed by atoms with E-state index >= 15 is 0 Å². The molecule has 1 aromatic rings. The molecule has 116 valence electrons. The Morgan fingerprint density at radius 3 is 2.76 bits per heavy atom. The molecule has 1 saturated heterocycles. The van der Waals surface area contributed by atoms with Gasteiger partial charge in [-0.3, -0.25) is 5.32 Å². The molecule has 7 nitrogen and oxygen atoms in total. The van der Waals surface area contributed by atoms with Crippen molar-refractivity contribution in [1.82, 2.24) is 15.1 Å². The Morgan fingerprint density at radius 1 is 1.43 bits per heavy atom. The zero-order valence-electron chi connectivity index (χ0n) is 12.2. The topological polar surface area (TPSA) is 95.4 Å². The van der Waals surface area contributed by atoms with Crippen molar-refractivity contribution in [2.24, 2.45) is 5.92 Å². The van der Waals surface area contributed by atoms with Gasteiger partial charge in [-0.1, -0.05) is 31.6 Å². The minimum absolute atomic E-state index is 0.364. The molecule has 2 unspecified atom stereocenters. The highest BCUT2D eigenvalue weighted by Gasteiger charge is 2.35. The molecule has 0 saturated carbocycles. The molecule has 0 bridgehead atoms. The van der Waals surface area contributed by atoms with E-state index in [2.05, 4.69) is 15.5 Å². The number of anilines is 1. The summed E-state index contributed by atoms with van der Waals surface area (Å²) in [5.74, 6) is -0.585. The summed E-state index contributed by atoms with van der Waals surface area (Å²) in [5, 5.41) is 21.1. The number of amides is 2. The number of carboxylic acids is 1. The fraction of sp³-hybridized carbons (Fsp3) is 0.692. The normalized spacial score (nSPS) is 22.1. The minimum Gasteiger partial charge on any atom is -0.480 e. The number of hydrogen-bond acceptors (Lipinski definition) is 5. The van der Waals surface area contributed by atoms with Crippen molar-refractivity contribution in [2.75, 3.05) is 11.9 Å². The van der Waals surface area contributed by atoms with E-state index in [9.17, 15) is 14.7 Å². The number of aryl methyl sites for hydroxylation is 1. The van der Waals surface area contributed by atoms with Gasteiger partial charge in [-0.15, -0.1) is 10.2 Å². The number of nitrogens with zero attached hydrogens (tertiary/aromatic N) is 3. The Kier molecular flexibility index (Phi) is 5.11. The molecular weight excluding hydrogens is 292 g/mol. The molecule has 1 fully saturated rings. The summed E-state index contributed by atoms with van der Waals surface area (Å²) in [4.78, 5) is 25.0. The van der Waals surface area contributed by atoms with Crippen molar-refractivity contribution < 1.29 is 14.7 Å². The average molecular weight is 312 g/mol. The molecule has 2 amide bonds. The molecule has 0 radical (unpaired) electrons. The van der Waals surface area contributed by atoms with Crippen molar-refractivity contribution in [3.05, 3.63) is 5.01 Å². The van der Waals surface area contributed by atoms with Gasteiger partial charge in [0.1, 0.15) is 11.0 Å². The third kappa shape index (κ3) is 3.69. The van der Waals surface area contributed by atoms with Crippen LogP contribution in [0.1, 0.15) is 38.1 Å². The number of rotatable bonds is 4. The second-order valence-corrected chi connectivity index (χ2v) is 6.19. The fourth-order valence-corrected chi connectivity index (χ4v) is 3.17. The van der Waals surface area contributed by atoms with E-state index in [4.69, 9.17) is 0 Å². The first-order valence-electron chi connectivity index (χ1n) is 7.17. The van der Waals surface area contributed by atoms with Gasteiger partial charge in [-0.25, -0.2) is 9.59 Å². The highest BCUT2D eigenvalue weighted by Crippen LogP contribution is 2.26. The first-order chi connectivity index (χ1) is 10.0. The second-order valence-electron chi connectivity index (χ2n) is 5.13. The molecular formula is C13H20N4O3S. The van der Waals surface area contributed by atoms with E-state index in [0.29, 0.717) is 24.0 Å². The van der Waals surface area contributed by atoms with Gasteiger partial charge in [0, 0.05) is 6.54 Å². The summed E-state index contributed by atoms with van der Waals surface area (Å²) >= 11 is 1.31. The Hall–Kier alpha value is -1.70. The summed E-state index contributed by atoms with van der Waals surface area (Å²) in [5.41, 5.74) is 0. The average Bonchev–Trinajstić information content (AvgIpc) is 2.94. The van der Waals surface area contributed by atoms with Crippen LogP contribution in [0.4, 0.5) is 9.93 Å². The first-order valence-corrected chi connectivity index (χ1v) is 7.99. The van der Waals surface area contributed by atoms with E-state index in [0.717, 1.165) is 24.3 Å². The van der Waals surface area contributed by atoms with Crippen molar-refractivity contribution >= 4 is 28.5 Å². The Bertz CT molecular complexity index is 519. The van der Waals surface area contributed by atoms with Crippen LogP contribution in [0.5, 0.6) is 0 Å². The molecule has 8 heteroatoms. The Balaban J connectivity index is 2.04. The van der Waals surface area contributed by atoms with Crippen LogP contribution < -0.4 is 5.32 Å². The molecule has 2 N–H and O–H groups in total. The van der Waals surface area contributed by atoms with E-state index in [1.807, 2.05) is 13.8 Å². The number of carbonyl (C=O) groups is 2. The largest absolute Gasteiger partial charge is 0.480 e. The summed E-state index contributed by atoms with van der Waals surface area (Å²) < 4.78 is 0. The molecule has 21 heavy (non-hydrogen) atoms.